The molecule has 0 bridgehead atoms. The minimum Gasteiger partial charge on any atom is -0.511 e. The van der Waals surface area contributed by atoms with E-state index in [2.05, 4.69) is 0 Å². The standard InChI is InChI=1S/C27H32N2O9S/c1-4-17(32)38-23-14-10-16(31)20(26(28)36)24(34)27(14,37)25(35)21-19(23)13(11-39-9-8-29(2)3)12-6-5-7-15(30)18(12)22(21)33/h5-7,13-14,19,23,30-31,35,37H,4,8-11H2,1-3H3,(H2,28,36)/t13-,14+,19+,23+,27+/m0/s1. The molecule has 0 saturated heterocycles. The van der Waals surface area contributed by atoms with Crippen molar-refractivity contribution in [1.29, 1.82) is 0 Å². The van der Waals surface area contributed by atoms with Crippen LogP contribution in [0.1, 0.15) is 41.6 Å². The quantitative estimate of drug-likeness (QED) is 0.175. The summed E-state index contributed by atoms with van der Waals surface area (Å²) < 4.78 is 5.78. The number of aliphatic hydroxyl groups excluding tert-OH is 2. The number of phenolic OH excluding ortho intramolecular Hbond substituents is 1. The van der Waals surface area contributed by atoms with Gasteiger partial charge in [-0.2, -0.15) is 11.8 Å². The second kappa shape index (κ2) is 10.7. The minimum absolute atomic E-state index is 0.0602. The summed E-state index contributed by atoms with van der Waals surface area (Å²) in [6, 6.07) is 4.57. The van der Waals surface area contributed by atoms with E-state index in [1.54, 1.807) is 30.8 Å². The van der Waals surface area contributed by atoms with Crippen molar-refractivity contribution in [2.24, 2.45) is 17.6 Å². The van der Waals surface area contributed by atoms with Crippen molar-refractivity contribution in [3.8, 4) is 5.75 Å². The summed E-state index contributed by atoms with van der Waals surface area (Å²) in [5, 5.41) is 44.4. The summed E-state index contributed by atoms with van der Waals surface area (Å²) in [4.78, 5) is 53.9. The van der Waals surface area contributed by atoms with Gasteiger partial charge in [0.15, 0.2) is 11.4 Å². The number of primary amides is 1. The molecular formula is C27H32N2O9S. The van der Waals surface area contributed by atoms with Crippen LogP contribution in [0.25, 0.3) is 0 Å². The molecular weight excluding hydrogens is 528 g/mol. The Kier molecular flexibility index (Phi) is 7.84. The second-order valence-corrected chi connectivity index (χ2v) is 11.4. The number of hydrogen-bond donors (Lipinski definition) is 5. The van der Waals surface area contributed by atoms with Gasteiger partial charge in [0.1, 0.15) is 28.9 Å². The van der Waals surface area contributed by atoms with E-state index >= 15 is 0 Å². The van der Waals surface area contributed by atoms with E-state index in [0.29, 0.717) is 17.1 Å². The molecule has 0 saturated carbocycles. The summed E-state index contributed by atoms with van der Waals surface area (Å²) in [5.41, 5.74) is 1.51. The molecule has 0 heterocycles. The zero-order valence-corrected chi connectivity index (χ0v) is 22.7. The van der Waals surface area contributed by atoms with Crippen LogP contribution in [0.3, 0.4) is 0 Å². The van der Waals surface area contributed by atoms with E-state index in [1.807, 2.05) is 19.0 Å². The lowest BCUT2D eigenvalue weighted by atomic mass is 9.56. The molecule has 210 valence electrons. The number of allylic oxidation sites excluding steroid dienone is 1. The van der Waals surface area contributed by atoms with Crippen molar-refractivity contribution < 1.29 is 44.3 Å². The van der Waals surface area contributed by atoms with Gasteiger partial charge in [0.2, 0.25) is 5.78 Å². The smallest absolute Gasteiger partial charge is 0.305 e. The molecule has 11 nitrogen and oxygen atoms in total. The van der Waals surface area contributed by atoms with Crippen LogP contribution >= 0.6 is 11.8 Å². The van der Waals surface area contributed by atoms with Crippen LogP contribution in [-0.4, -0.2) is 92.6 Å². The monoisotopic (exact) mass is 560 g/mol. The van der Waals surface area contributed by atoms with Gasteiger partial charge < -0.3 is 35.8 Å². The van der Waals surface area contributed by atoms with Crippen LogP contribution in [0.5, 0.6) is 5.75 Å². The number of aromatic hydroxyl groups is 1. The van der Waals surface area contributed by atoms with Crippen LogP contribution < -0.4 is 5.73 Å². The second-order valence-electron chi connectivity index (χ2n) is 10.2. The summed E-state index contributed by atoms with van der Waals surface area (Å²) >= 11 is 1.55. The van der Waals surface area contributed by atoms with Crippen molar-refractivity contribution in [3.63, 3.8) is 0 Å². The Morgan fingerprint density at radius 1 is 1.21 bits per heavy atom. The lowest BCUT2D eigenvalue weighted by molar-refractivity contribution is -0.174. The number of thioether (sulfide) groups is 1. The van der Waals surface area contributed by atoms with Crippen LogP contribution in [0.15, 0.2) is 40.9 Å². The fraction of sp³-hybridized carbons (Fsp3) is 0.481. The number of amides is 1. The highest BCUT2D eigenvalue weighted by atomic mass is 32.2. The van der Waals surface area contributed by atoms with E-state index in [1.165, 1.54) is 6.07 Å². The lowest BCUT2D eigenvalue weighted by Gasteiger charge is -2.51. The number of aliphatic hydroxyl groups is 3. The average Bonchev–Trinajstić information content (AvgIpc) is 2.86. The SMILES string of the molecule is CCC(=O)O[C@H]1[C@H]2C(=C(O)[C@]3(O)C(=O)C(C(N)=O)=C(O)C[C@H]13)C(=O)c1c(O)cccc1[C@@H]2CSCCN(C)C. The van der Waals surface area contributed by atoms with Crippen LogP contribution in [0.2, 0.25) is 0 Å². The predicted molar refractivity (Wildman–Crippen MR) is 141 cm³/mol. The molecule has 1 aromatic carbocycles. The maximum atomic E-state index is 13.8. The van der Waals surface area contributed by atoms with Gasteiger partial charge in [0.05, 0.1) is 5.56 Å². The maximum absolute atomic E-state index is 13.8. The molecule has 3 aliphatic carbocycles. The van der Waals surface area contributed by atoms with Gasteiger partial charge in [-0.3, -0.25) is 19.2 Å². The molecule has 0 radical (unpaired) electrons. The zero-order valence-electron chi connectivity index (χ0n) is 21.8. The van der Waals surface area contributed by atoms with Crippen LogP contribution in [-0.2, 0) is 19.1 Å². The number of esters is 1. The molecule has 3 aliphatic rings. The van der Waals surface area contributed by atoms with Gasteiger partial charge >= 0.3 is 5.97 Å². The van der Waals surface area contributed by atoms with E-state index in [-0.39, 0.29) is 23.3 Å². The van der Waals surface area contributed by atoms with Crippen molar-refractivity contribution in [2.45, 2.75) is 37.4 Å². The number of hydrogen-bond acceptors (Lipinski definition) is 11. The number of ketones is 2. The van der Waals surface area contributed by atoms with Crippen molar-refractivity contribution in [3.05, 3.63) is 52.0 Å². The number of nitrogens with zero attached hydrogens (tertiary/aromatic N) is 1. The largest absolute Gasteiger partial charge is 0.511 e. The fourth-order valence-electron chi connectivity index (χ4n) is 5.79. The Morgan fingerprint density at radius 2 is 1.90 bits per heavy atom. The minimum atomic E-state index is -2.87. The van der Waals surface area contributed by atoms with Crippen molar-refractivity contribution in [2.75, 3.05) is 32.1 Å². The molecule has 0 spiro atoms. The highest BCUT2D eigenvalue weighted by Gasteiger charge is 2.65. The molecule has 0 fully saturated rings. The third kappa shape index (κ3) is 4.60. The van der Waals surface area contributed by atoms with Crippen LogP contribution in [0, 0.1) is 11.8 Å². The molecule has 5 atom stereocenters. The van der Waals surface area contributed by atoms with E-state index < -0.39 is 76.4 Å². The third-order valence-electron chi connectivity index (χ3n) is 7.67. The Morgan fingerprint density at radius 3 is 2.51 bits per heavy atom. The van der Waals surface area contributed by atoms with Crippen LogP contribution in [0.4, 0.5) is 0 Å². The molecule has 6 N–H and O–H groups in total. The molecule has 4 rings (SSSR count). The van der Waals surface area contributed by atoms with Gasteiger partial charge in [-0.25, -0.2) is 0 Å². The Labute approximate surface area is 229 Å². The first-order chi connectivity index (χ1) is 18.4. The lowest BCUT2D eigenvalue weighted by Crippen LogP contribution is -2.63. The number of fused-ring (bicyclic) bond motifs is 3. The number of Topliss-reactive ketones (excluding diaryl/α,β-unsaturated/α-hetero) is 2. The number of benzene rings is 1. The number of rotatable bonds is 8. The molecule has 12 heteroatoms. The molecule has 0 aliphatic heterocycles. The summed E-state index contributed by atoms with van der Waals surface area (Å²) in [6.07, 6.45) is -1.92. The van der Waals surface area contributed by atoms with Crippen molar-refractivity contribution >= 4 is 35.2 Å². The van der Waals surface area contributed by atoms with Gasteiger partial charge in [0.25, 0.3) is 5.91 Å². The summed E-state index contributed by atoms with van der Waals surface area (Å²) in [7, 11) is 3.85. The first kappa shape index (κ1) is 28.7. The zero-order chi connectivity index (χ0) is 28.8. The molecule has 1 aromatic rings. The predicted octanol–water partition coefficient (Wildman–Crippen LogP) is 1.35. The average molecular weight is 561 g/mol. The number of nitrogens with two attached hydrogens (primary N) is 1. The highest BCUT2D eigenvalue weighted by molar-refractivity contribution is 7.99. The van der Waals surface area contributed by atoms with Gasteiger partial charge in [-0.05, 0) is 25.7 Å². The van der Waals surface area contributed by atoms with Gasteiger partial charge in [0, 0.05) is 54.2 Å². The third-order valence-corrected chi connectivity index (χ3v) is 8.74. The number of carbonyl (C=O) groups excluding carboxylic acids is 4. The summed E-state index contributed by atoms with van der Waals surface area (Å²) in [5.74, 6) is -8.22. The maximum Gasteiger partial charge on any atom is 0.305 e. The van der Waals surface area contributed by atoms with Gasteiger partial charge in [-0.1, -0.05) is 19.1 Å². The topological polar surface area (TPSA) is 188 Å². The van der Waals surface area contributed by atoms with E-state index in [4.69, 9.17) is 10.5 Å². The normalized spacial score (nSPS) is 28.2. The first-order valence-electron chi connectivity index (χ1n) is 12.6. The Balaban J connectivity index is 1.96. The highest BCUT2D eigenvalue weighted by Crippen LogP contribution is 2.56. The number of ether oxygens (including phenoxy) is 1. The Hall–Kier alpha value is -3.35. The first-order valence-corrected chi connectivity index (χ1v) is 13.7. The fourth-order valence-corrected chi connectivity index (χ4v) is 7.09. The molecule has 0 unspecified atom stereocenters. The summed E-state index contributed by atoms with van der Waals surface area (Å²) in [6.45, 7) is 2.30. The van der Waals surface area contributed by atoms with Crippen molar-refractivity contribution in [1.82, 2.24) is 4.90 Å². The molecule has 39 heavy (non-hydrogen) atoms. The molecule has 0 aromatic heterocycles. The van der Waals surface area contributed by atoms with E-state index in [9.17, 15) is 39.6 Å². The number of carbonyl (C=O) groups is 4. The number of phenols is 1. The van der Waals surface area contributed by atoms with E-state index in [0.717, 1.165) is 6.54 Å². The Bertz CT molecular complexity index is 1300. The van der Waals surface area contributed by atoms with Gasteiger partial charge in [-0.15, -0.1) is 0 Å². The molecule has 1 amide bonds.